The van der Waals surface area contributed by atoms with Gasteiger partial charge in [0, 0.05) is 11.6 Å². The Labute approximate surface area is 110 Å². The molecule has 0 bridgehead atoms. The highest BCUT2D eigenvalue weighted by atomic mass is 16.1. The molecule has 1 fully saturated rings. The number of carbonyl (C=O) groups excluding carboxylic acids is 1. The summed E-state index contributed by atoms with van der Waals surface area (Å²) in [4.78, 5) is 12.2. The van der Waals surface area contributed by atoms with Gasteiger partial charge in [-0.25, -0.2) is 0 Å². The molecule has 18 heavy (non-hydrogen) atoms. The Morgan fingerprint density at radius 1 is 1.06 bits per heavy atom. The molecule has 1 amide bonds. The summed E-state index contributed by atoms with van der Waals surface area (Å²) < 4.78 is 0. The van der Waals surface area contributed by atoms with Crippen LogP contribution in [0.2, 0.25) is 0 Å². The molecule has 1 saturated carbocycles. The summed E-state index contributed by atoms with van der Waals surface area (Å²) in [7, 11) is 0. The maximum atomic E-state index is 12.2. The van der Waals surface area contributed by atoms with Gasteiger partial charge in [0.25, 0.3) is 5.91 Å². The van der Waals surface area contributed by atoms with Gasteiger partial charge in [-0.1, -0.05) is 31.7 Å². The summed E-state index contributed by atoms with van der Waals surface area (Å²) in [6.07, 6.45) is 7.40. The molecule has 1 aromatic rings. The van der Waals surface area contributed by atoms with Crippen LogP contribution in [0.15, 0.2) is 18.2 Å². The first-order valence-electron chi connectivity index (χ1n) is 7.05. The summed E-state index contributed by atoms with van der Waals surface area (Å²) in [5, 5.41) is 3.18. The van der Waals surface area contributed by atoms with Gasteiger partial charge in [0.2, 0.25) is 0 Å². The normalized spacial score (nSPS) is 17.2. The van der Waals surface area contributed by atoms with Gasteiger partial charge in [-0.3, -0.25) is 4.79 Å². The van der Waals surface area contributed by atoms with Crippen molar-refractivity contribution in [2.75, 3.05) is 0 Å². The first-order chi connectivity index (χ1) is 8.66. The molecule has 0 aliphatic heterocycles. The number of aryl methyl sites for hydroxylation is 2. The molecule has 0 atom stereocenters. The summed E-state index contributed by atoms with van der Waals surface area (Å²) in [6.45, 7) is 4.13. The van der Waals surface area contributed by atoms with E-state index in [1.165, 1.54) is 36.8 Å². The van der Waals surface area contributed by atoms with Crippen molar-refractivity contribution in [3.05, 3.63) is 34.9 Å². The molecule has 2 rings (SSSR count). The summed E-state index contributed by atoms with van der Waals surface area (Å²) in [5.41, 5.74) is 3.21. The molecular formula is C16H23NO. The Hall–Kier alpha value is -1.31. The van der Waals surface area contributed by atoms with Crippen molar-refractivity contribution in [3.63, 3.8) is 0 Å². The number of carbonyl (C=O) groups is 1. The molecule has 0 aromatic heterocycles. The Balaban J connectivity index is 1.99. The lowest BCUT2D eigenvalue weighted by atomic mass is 10.0. The SMILES string of the molecule is Cc1ccc(C(=O)NC2CCCCCC2)cc1C. The van der Waals surface area contributed by atoms with E-state index in [1.54, 1.807) is 0 Å². The Morgan fingerprint density at radius 2 is 1.72 bits per heavy atom. The fourth-order valence-corrected chi connectivity index (χ4v) is 2.58. The topological polar surface area (TPSA) is 29.1 Å². The Morgan fingerprint density at radius 3 is 2.33 bits per heavy atom. The average molecular weight is 245 g/mol. The number of nitrogens with one attached hydrogen (secondary N) is 1. The molecule has 2 nitrogen and oxygen atoms in total. The minimum Gasteiger partial charge on any atom is -0.349 e. The van der Waals surface area contributed by atoms with Gasteiger partial charge in [-0.05, 0) is 49.9 Å². The fraction of sp³-hybridized carbons (Fsp3) is 0.562. The van der Waals surface area contributed by atoms with E-state index in [0.717, 1.165) is 18.4 Å². The molecule has 0 unspecified atom stereocenters. The molecule has 1 aliphatic carbocycles. The molecule has 0 radical (unpaired) electrons. The molecule has 0 heterocycles. The number of hydrogen-bond acceptors (Lipinski definition) is 1. The van der Waals surface area contributed by atoms with Gasteiger partial charge in [0.15, 0.2) is 0 Å². The van der Waals surface area contributed by atoms with Crippen LogP contribution in [-0.4, -0.2) is 11.9 Å². The number of hydrogen-bond donors (Lipinski definition) is 1. The van der Waals surface area contributed by atoms with Crippen LogP contribution in [0, 0.1) is 13.8 Å². The lowest BCUT2D eigenvalue weighted by Crippen LogP contribution is -2.34. The van der Waals surface area contributed by atoms with Crippen LogP contribution in [0.25, 0.3) is 0 Å². The van der Waals surface area contributed by atoms with E-state index in [9.17, 15) is 4.79 Å². The molecule has 0 spiro atoms. The van der Waals surface area contributed by atoms with E-state index in [2.05, 4.69) is 19.2 Å². The number of amides is 1. The van der Waals surface area contributed by atoms with Crippen LogP contribution in [0.3, 0.4) is 0 Å². The minimum absolute atomic E-state index is 0.0880. The van der Waals surface area contributed by atoms with Gasteiger partial charge >= 0.3 is 0 Å². The second kappa shape index (κ2) is 6.03. The summed E-state index contributed by atoms with van der Waals surface area (Å²) in [5.74, 6) is 0.0880. The fourth-order valence-electron chi connectivity index (χ4n) is 2.58. The van der Waals surface area contributed by atoms with E-state index in [-0.39, 0.29) is 5.91 Å². The monoisotopic (exact) mass is 245 g/mol. The van der Waals surface area contributed by atoms with E-state index in [4.69, 9.17) is 0 Å². The lowest BCUT2D eigenvalue weighted by Gasteiger charge is -2.16. The average Bonchev–Trinajstić information content (AvgIpc) is 2.61. The van der Waals surface area contributed by atoms with E-state index >= 15 is 0 Å². The predicted octanol–water partition coefficient (Wildman–Crippen LogP) is 3.76. The molecular weight excluding hydrogens is 222 g/mol. The quantitative estimate of drug-likeness (QED) is 0.790. The van der Waals surface area contributed by atoms with Crippen molar-refractivity contribution in [1.82, 2.24) is 5.32 Å². The Kier molecular flexibility index (Phi) is 4.40. The van der Waals surface area contributed by atoms with Gasteiger partial charge in [-0.15, -0.1) is 0 Å². The molecule has 1 N–H and O–H groups in total. The third-order valence-electron chi connectivity index (χ3n) is 3.96. The van der Waals surface area contributed by atoms with Gasteiger partial charge in [0.1, 0.15) is 0 Å². The molecule has 0 saturated heterocycles. The maximum absolute atomic E-state index is 12.2. The molecule has 1 aliphatic rings. The van der Waals surface area contributed by atoms with Gasteiger partial charge in [0.05, 0.1) is 0 Å². The summed E-state index contributed by atoms with van der Waals surface area (Å²) >= 11 is 0. The largest absolute Gasteiger partial charge is 0.349 e. The minimum atomic E-state index is 0.0880. The van der Waals surface area contributed by atoms with Crippen molar-refractivity contribution in [2.24, 2.45) is 0 Å². The molecule has 98 valence electrons. The number of rotatable bonds is 2. The summed E-state index contributed by atoms with van der Waals surface area (Å²) in [6, 6.07) is 6.31. The zero-order chi connectivity index (χ0) is 13.0. The van der Waals surface area contributed by atoms with E-state index < -0.39 is 0 Å². The molecule has 1 aromatic carbocycles. The highest BCUT2D eigenvalue weighted by Gasteiger charge is 2.15. The van der Waals surface area contributed by atoms with Gasteiger partial charge in [-0.2, -0.15) is 0 Å². The Bertz CT molecular complexity index is 417. The standard InChI is InChI=1S/C16H23NO/c1-12-9-10-14(11-13(12)2)16(18)17-15-7-5-3-4-6-8-15/h9-11,15H,3-8H2,1-2H3,(H,17,18). The first kappa shape index (κ1) is 13.1. The second-order valence-corrected chi connectivity index (χ2v) is 5.46. The highest BCUT2D eigenvalue weighted by molar-refractivity contribution is 5.94. The lowest BCUT2D eigenvalue weighted by molar-refractivity contribution is 0.0933. The predicted molar refractivity (Wildman–Crippen MR) is 74.9 cm³/mol. The van der Waals surface area contributed by atoms with Crippen LogP contribution in [0.5, 0.6) is 0 Å². The number of benzene rings is 1. The smallest absolute Gasteiger partial charge is 0.251 e. The van der Waals surface area contributed by atoms with Crippen molar-refractivity contribution < 1.29 is 4.79 Å². The second-order valence-electron chi connectivity index (χ2n) is 5.46. The van der Waals surface area contributed by atoms with Crippen LogP contribution >= 0.6 is 0 Å². The van der Waals surface area contributed by atoms with Gasteiger partial charge < -0.3 is 5.32 Å². The third-order valence-corrected chi connectivity index (χ3v) is 3.96. The van der Waals surface area contributed by atoms with E-state index in [0.29, 0.717) is 6.04 Å². The van der Waals surface area contributed by atoms with Crippen LogP contribution < -0.4 is 5.32 Å². The van der Waals surface area contributed by atoms with Crippen molar-refractivity contribution in [2.45, 2.75) is 58.4 Å². The zero-order valence-electron chi connectivity index (χ0n) is 11.5. The van der Waals surface area contributed by atoms with Crippen molar-refractivity contribution in [1.29, 1.82) is 0 Å². The highest BCUT2D eigenvalue weighted by Crippen LogP contribution is 2.18. The van der Waals surface area contributed by atoms with Crippen molar-refractivity contribution >= 4 is 5.91 Å². The van der Waals surface area contributed by atoms with Crippen LogP contribution in [-0.2, 0) is 0 Å². The maximum Gasteiger partial charge on any atom is 0.251 e. The third kappa shape index (κ3) is 3.34. The van der Waals surface area contributed by atoms with Crippen molar-refractivity contribution in [3.8, 4) is 0 Å². The van der Waals surface area contributed by atoms with Crippen LogP contribution in [0.1, 0.15) is 60.0 Å². The van der Waals surface area contributed by atoms with Crippen LogP contribution in [0.4, 0.5) is 0 Å². The molecule has 2 heteroatoms. The first-order valence-corrected chi connectivity index (χ1v) is 7.05. The van der Waals surface area contributed by atoms with E-state index in [1.807, 2.05) is 18.2 Å². The zero-order valence-corrected chi connectivity index (χ0v) is 11.5.